The molecule has 3 heteroatoms. The molecule has 1 aliphatic rings. The fraction of sp³-hybridized carbons (Fsp3) is 0.733. The van der Waals surface area contributed by atoms with E-state index in [9.17, 15) is 0 Å². The van der Waals surface area contributed by atoms with Crippen LogP contribution in [0, 0.1) is 18.8 Å². The summed E-state index contributed by atoms with van der Waals surface area (Å²) in [5.74, 6) is 2.87. The number of piperidine rings is 1. The van der Waals surface area contributed by atoms with Crippen molar-refractivity contribution in [1.29, 1.82) is 0 Å². The Labute approximate surface area is 111 Å². The largest absolute Gasteiger partial charge is 0.355 e. The fourth-order valence-electron chi connectivity index (χ4n) is 3.10. The quantitative estimate of drug-likeness (QED) is 0.816. The van der Waals surface area contributed by atoms with Gasteiger partial charge < -0.3 is 4.90 Å². The van der Waals surface area contributed by atoms with Crippen LogP contribution in [0.3, 0.4) is 0 Å². The Balaban J connectivity index is 1.92. The van der Waals surface area contributed by atoms with Gasteiger partial charge in [-0.15, -0.1) is 0 Å². The van der Waals surface area contributed by atoms with Gasteiger partial charge in [-0.25, -0.2) is 4.98 Å². The van der Waals surface area contributed by atoms with E-state index in [0.29, 0.717) is 0 Å². The van der Waals surface area contributed by atoms with E-state index >= 15 is 0 Å². The third-order valence-corrected chi connectivity index (χ3v) is 4.35. The van der Waals surface area contributed by atoms with Gasteiger partial charge in [0.05, 0.1) is 18.1 Å². The number of hydrogen-bond acceptors (Lipinski definition) is 3. The molecule has 0 atom stereocenters. The van der Waals surface area contributed by atoms with Crippen LogP contribution in [-0.4, -0.2) is 23.1 Å². The normalized spacial score (nSPS) is 17.4. The van der Waals surface area contributed by atoms with Gasteiger partial charge in [-0.05, 0) is 31.6 Å². The molecule has 1 aromatic heterocycles. The smallest absolute Gasteiger partial charge is 0.147 e. The van der Waals surface area contributed by atoms with E-state index < -0.39 is 0 Å². The summed E-state index contributed by atoms with van der Waals surface area (Å²) in [7, 11) is 0. The van der Waals surface area contributed by atoms with Crippen molar-refractivity contribution in [1.82, 2.24) is 9.97 Å². The van der Waals surface area contributed by atoms with Crippen molar-refractivity contribution in [2.45, 2.75) is 46.5 Å². The van der Waals surface area contributed by atoms with Crippen LogP contribution in [0.15, 0.2) is 12.4 Å². The average molecular weight is 247 g/mol. The zero-order valence-electron chi connectivity index (χ0n) is 11.9. The van der Waals surface area contributed by atoms with Gasteiger partial charge in [-0.2, -0.15) is 0 Å². The van der Waals surface area contributed by atoms with Crippen LogP contribution >= 0.6 is 0 Å². The first kappa shape index (κ1) is 13.3. The summed E-state index contributed by atoms with van der Waals surface area (Å²) in [5, 5.41) is 0. The maximum absolute atomic E-state index is 4.48. The van der Waals surface area contributed by atoms with E-state index in [1.54, 1.807) is 0 Å². The molecular weight excluding hydrogens is 222 g/mol. The highest BCUT2D eigenvalue weighted by Gasteiger charge is 2.24. The van der Waals surface area contributed by atoms with Gasteiger partial charge >= 0.3 is 0 Å². The van der Waals surface area contributed by atoms with Crippen molar-refractivity contribution < 1.29 is 0 Å². The van der Waals surface area contributed by atoms with E-state index in [0.717, 1.165) is 36.4 Å². The molecule has 100 valence electrons. The standard InChI is InChI=1S/C15H25N3/c1-4-13(5-2)14-6-8-18(9-7-14)15-11-16-12(3)10-17-15/h10-11,13-14H,4-9H2,1-3H3. The van der Waals surface area contributed by atoms with E-state index in [1.165, 1.54) is 25.7 Å². The molecule has 0 bridgehead atoms. The van der Waals surface area contributed by atoms with Crippen LogP contribution in [-0.2, 0) is 0 Å². The van der Waals surface area contributed by atoms with Crippen molar-refractivity contribution in [2.24, 2.45) is 11.8 Å². The van der Waals surface area contributed by atoms with Crippen molar-refractivity contribution >= 4 is 5.82 Å². The van der Waals surface area contributed by atoms with Gasteiger partial charge in [-0.1, -0.05) is 26.7 Å². The van der Waals surface area contributed by atoms with Gasteiger partial charge in [0.2, 0.25) is 0 Å². The Bertz CT molecular complexity index is 349. The van der Waals surface area contributed by atoms with Gasteiger partial charge in [0, 0.05) is 13.1 Å². The number of anilines is 1. The second kappa shape index (κ2) is 6.17. The average Bonchev–Trinajstić information content (AvgIpc) is 2.42. The Morgan fingerprint density at radius 3 is 2.33 bits per heavy atom. The first-order valence-electron chi connectivity index (χ1n) is 7.28. The van der Waals surface area contributed by atoms with Crippen LogP contribution in [0.4, 0.5) is 5.82 Å². The molecule has 2 heterocycles. The van der Waals surface area contributed by atoms with Crippen LogP contribution in [0.25, 0.3) is 0 Å². The Hall–Kier alpha value is -1.12. The fourth-order valence-corrected chi connectivity index (χ4v) is 3.10. The minimum Gasteiger partial charge on any atom is -0.355 e. The molecule has 0 amide bonds. The van der Waals surface area contributed by atoms with Gasteiger partial charge in [0.25, 0.3) is 0 Å². The summed E-state index contributed by atoms with van der Waals surface area (Å²) < 4.78 is 0. The molecule has 0 radical (unpaired) electrons. The number of aryl methyl sites for hydroxylation is 1. The molecule has 3 nitrogen and oxygen atoms in total. The first-order valence-corrected chi connectivity index (χ1v) is 7.28. The van der Waals surface area contributed by atoms with E-state index in [1.807, 2.05) is 19.3 Å². The maximum Gasteiger partial charge on any atom is 0.147 e. The van der Waals surface area contributed by atoms with E-state index in [-0.39, 0.29) is 0 Å². The third kappa shape index (κ3) is 3.01. The van der Waals surface area contributed by atoms with Crippen molar-refractivity contribution in [3.8, 4) is 0 Å². The highest BCUT2D eigenvalue weighted by molar-refractivity contribution is 5.36. The van der Waals surface area contributed by atoms with Crippen LogP contribution < -0.4 is 4.90 Å². The summed E-state index contributed by atoms with van der Waals surface area (Å²) >= 11 is 0. The summed E-state index contributed by atoms with van der Waals surface area (Å²) in [4.78, 5) is 11.2. The van der Waals surface area contributed by atoms with Gasteiger partial charge in [-0.3, -0.25) is 4.98 Å². The number of aromatic nitrogens is 2. The highest BCUT2D eigenvalue weighted by atomic mass is 15.2. The number of nitrogens with zero attached hydrogens (tertiary/aromatic N) is 3. The monoisotopic (exact) mass is 247 g/mol. The van der Waals surface area contributed by atoms with Crippen molar-refractivity contribution in [3.63, 3.8) is 0 Å². The van der Waals surface area contributed by atoms with Crippen LogP contribution in [0.2, 0.25) is 0 Å². The molecule has 2 rings (SSSR count). The molecular formula is C15H25N3. The molecule has 0 aliphatic carbocycles. The topological polar surface area (TPSA) is 29.0 Å². The second-order valence-electron chi connectivity index (χ2n) is 5.42. The number of hydrogen-bond donors (Lipinski definition) is 0. The Morgan fingerprint density at radius 1 is 1.17 bits per heavy atom. The zero-order valence-corrected chi connectivity index (χ0v) is 11.9. The minimum absolute atomic E-state index is 0.912. The predicted octanol–water partition coefficient (Wildman–Crippen LogP) is 3.44. The van der Waals surface area contributed by atoms with Crippen molar-refractivity contribution in [3.05, 3.63) is 18.1 Å². The lowest BCUT2D eigenvalue weighted by Gasteiger charge is -2.36. The summed E-state index contributed by atoms with van der Waals surface area (Å²) in [6, 6.07) is 0. The lowest BCUT2D eigenvalue weighted by Crippen LogP contribution is -2.36. The third-order valence-electron chi connectivity index (χ3n) is 4.35. The Kier molecular flexibility index (Phi) is 4.56. The Morgan fingerprint density at radius 2 is 1.83 bits per heavy atom. The maximum atomic E-state index is 4.48. The molecule has 1 aliphatic heterocycles. The van der Waals surface area contributed by atoms with Crippen LogP contribution in [0.1, 0.15) is 45.2 Å². The molecule has 0 saturated carbocycles. The molecule has 0 aromatic carbocycles. The SMILES string of the molecule is CCC(CC)C1CCN(c2cnc(C)cn2)CC1. The van der Waals surface area contributed by atoms with E-state index in [2.05, 4.69) is 28.7 Å². The molecule has 18 heavy (non-hydrogen) atoms. The summed E-state index contributed by atoms with van der Waals surface area (Å²) in [6.07, 6.45) is 9.04. The number of rotatable bonds is 4. The minimum atomic E-state index is 0.912. The molecule has 1 fully saturated rings. The van der Waals surface area contributed by atoms with Crippen molar-refractivity contribution in [2.75, 3.05) is 18.0 Å². The zero-order chi connectivity index (χ0) is 13.0. The lowest BCUT2D eigenvalue weighted by atomic mass is 9.81. The molecule has 1 saturated heterocycles. The lowest BCUT2D eigenvalue weighted by molar-refractivity contribution is 0.260. The molecule has 0 N–H and O–H groups in total. The molecule has 0 spiro atoms. The first-order chi connectivity index (χ1) is 8.74. The van der Waals surface area contributed by atoms with Gasteiger partial charge in [0.1, 0.15) is 5.82 Å². The summed E-state index contributed by atoms with van der Waals surface area (Å²) in [5.41, 5.74) is 0.991. The van der Waals surface area contributed by atoms with Crippen LogP contribution in [0.5, 0.6) is 0 Å². The molecule has 1 aromatic rings. The predicted molar refractivity (Wildman–Crippen MR) is 75.8 cm³/mol. The highest BCUT2D eigenvalue weighted by Crippen LogP contribution is 2.30. The van der Waals surface area contributed by atoms with Gasteiger partial charge in [0.15, 0.2) is 0 Å². The summed E-state index contributed by atoms with van der Waals surface area (Å²) in [6.45, 7) is 8.91. The second-order valence-corrected chi connectivity index (χ2v) is 5.42. The molecule has 0 unspecified atom stereocenters. The van der Waals surface area contributed by atoms with E-state index in [4.69, 9.17) is 0 Å².